The summed E-state index contributed by atoms with van der Waals surface area (Å²) in [7, 11) is -6.70. The van der Waals surface area contributed by atoms with Gasteiger partial charge in [0.2, 0.25) is 5.91 Å². The smallest absolute Gasteiger partial charge is 0.276 e. The number of nitrogens with zero attached hydrogens (tertiary/aromatic N) is 15. The number of hydrogen-bond acceptors (Lipinski definition) is 23. The maximum atomic E-state index is 12.7. The van der Waals surface area contributed by atoms with E-state index in [0.29, 0.717) is 138 Å². The lowest BCUT2D eigenvalue weighted by Crippen LogP contribution is -2.47. The topological polar surface area (TPSA) is 343 Å². The number of carbonyl (C=O) groups excluding carboxylic acids is 1. The Labute approximate surface area is 728 Å². The van der Waals surface area contributed by atoms with Crippen LogP contribution in [0.4, 0.5) is 34.6 Å². The van der Waals surface area contributed by atoms with Crippen molar-refractivity contribution in [2.24, 2.45) is 5.14 Å². The van der Waals surface area contributed by atoms with Gasteiger partial charge in [-0.15, -0.1) is 0 Å². The van der Waals surface area contributed by atoms with Crippen LogP contribution in [0.3, 0.4) is 0 Å². The number of morpholine rings is 1. The van der Waals surface area contributed by atoms with E-state index in [0.717, 1.165) is 151 Å². The molecule has 652 valence electrons. The molecule has 4 aromatic heterocycles. The number of aliphatic hydroxyl groups is 1. The number of sulfone groups is 1. The number of benzene rings is 6. The van der Waals surface area contributed by atoms with Crippen molar-refractivity contribution in [3.63, 3.8) is 0 Å². The number of nitriles is 3. The van der Waals surface area contributed by atoms with Crippen molar-refractivity contribution in [2.45, 2.75) is 82.5 Å². The highest BCUT2D eigenvalue weighted by Gasteiger charge is 2.32. The predicted octanol–water partition coefficient (Wildman–Crippen LogP) is 12.0. The number of allylic oxidation sites excluding steroid dienone is 2. The highest BCUT2D eigenvalue weighted by atomic mass is 32.2. The molecule has 8 aliphatic rings. The second-order valence-electron chi connectivity index (χ2n) is 32.3. The molecule has 0 spiro atoms. The molecular weight excluding hydrogens is 1660 g/mol. The maximum Gasteiger partial charge on any atom is 0.276 e. The molecule has 4 N–H and O–H groups in total. The van der Waals surface area contributed by atoms with E-state index >= 15 is 0 Å². The molecule has 18 rings (SSSR count). The minimum absolute atomic E-state index is 0.119. The van der Waals surface area contributed by atoms with Crippen LogP contribution < -0.4 is 34.0 Å². The monoisotopic (exact) mass is 1750 g/mol. The molecular formula is C93H95F4N17O10S2. The number of aliphatic hydroxyl groups excluding tert-OH is 1. The minimum atomic E-state index is -3.72. The van der Waals surface area contributed by atoms with Crippen LogP contribution in [0.5, 0.6) is 17.2 Å². The molecule has 2 aliphatic carbocycles. The van der Waals surface area contributed by atoms with Gasteiger partial charge >= 0.3 is 0 Å². The van der Waals surface area contributed by atoms with E-state index in [9.17, 15) is 55.0 Å². The van der Waals surface area contributed by atoms with Crippen molar-refractivity contribution in [1.82, 2.24) is 48.9 Å². The number of nitrogens with one attached hydrogen (secondary N) is 1. The summed E-state index contributed by atoms with van der Waals surface area (Å²) in [5.41, 5.74) is 20.3. The Balaban J connectivity index is 0.000000140. The number of ether oxygens (including phenoxy) is 4. The van der Waals surface area contributed by atoms with Gasteiger partial charge in [-0.05, 0) is 169 Å². The van der Waals surface area contributed by atoms with Gasteiger partial charge in [0.05, 0.1) is 83.0 Å². The highest BCUT2D eigenvalue weighted by molar-refractivity contribution is 7.91. The standard InChI is InChI=1S/C33H34F2N6O3.C31H33F2N7O3S.C29H28N4O4S/c34-31(35)19-39-11-13-40(14-12-39)26-4-1-22(2-5-26)24-16-28-29(17-24)37-21-38-33(28)23-3-6-30(25(15-23)18-36)44-27-7-9-41(10-8-27)32(43)20-42;32-30(33)19-38-11-13-39(14-12-38)25-4-1-21(2-5-25)23-16-27-28(17-23)36-20-37-31(27)22-3-6-29(24(15-22)18-34)43-26-7-9-40(10-8-26)44(35,41)42;30-19-22-17-21(3-6-28(22)37-24-8-15-38(34,35)16-9-24)29-25-18-27(32-26(25)7-10-31-29)20-1-4-23(5-2-20)33-11-13-36-14-12-33/h1-6,15-16,21,27,31,42H,7-14,17,19-20H2;1-6,15-16,20,26,30H,7-14,17,19H2,(H2,35,41,42);1-7,10,17-18,24,32H,8-9,11-16H2. The molecule has 0 unspecified atom stereocenters. The first-order valence-electron chi connectivity index (χ1n) is 42.3. The second kappa shape index (κ2) is 39.1. The predicted molar refractivity (Wildman–Crippen MR) is 472 cm³/mol. The Bertz CT molecular complexity index is 6040. The fourth-order valence-electron chi connectivity index (χ4n) is 17.4. The van der Waals surface area contributed by atoms with Crippen molar-refractivity contribution in [3.8, 4) is 80.5 Å². The summed E-state index contributed by atoms with van der Waals surface area (Å²) >= 11 is 0. The average Bonchev–Trinajstić information content (AvgIpc) is 1.63. The normalized spacial score (nSPS) is 17.8. The molecule has 0 radical (unpaired) electrons. The Hall–Kier alpha value is -12.2. The van der Waals surface area contributed by atoms with Gasteiger partial charge in [-0.1, -0.05) is 36.4 Å². The number of piperidine rings is 2. The molecule has 6 saturated heterocycles. The summed E-state index contributed by atoms with van der Waals surface area (Å²) in [6.45, 7) is 9.40. The fourth-order valence-corrected chi connectivity index (χ4v) is 19.6. The number of aromatic amines is 1. The molecule has 6 aliphatic heterocycles. The number of hydrogen-bond donors (Lipinski definition) is 3. The molecule has 0 atom stereocenters. The van der Waals surface area contributed by atoms with Gasteiger partial charge in [-0.2, -0.15) is 28.5 Å². The lowest BCUT2D eigenvalue weighted by molar-refractivity contribution is -0.135. The lowest BCUT2D eigenvalue weighted by atomic mass is 10.0. The summed E-state index contributed by atoms with van der Waals surface area (Å²) in [5, 5.41) is 44.9. The zero-order valence-corrected chi connectivity index (χ0v) is 70.9. The number of piperazine rings is 2. The van der Waals surface area contributed by atoms with E-state index in [1.54, 1.807) is 58.7 Å². The third-order valence-electron chi connectivity index (χ3n) is 24.3. The van der Waals surface area contributed by atoms with E-state index in [4.69, 9.17) is 29.2 Å². The van der Waals surface area contributed by atoms with E-state index < -0.39 is 39.5 Å². The molecule has 10 aromatic rings. The summed E-state index contributed by atoms with van der Waals surface area (Å²) in [6, 6.07) is 52.4. The second-order valence-corrected chi connectivity index (χ2v) is 36.2. The van der Waals surface area contributed by atoms with Crippen LogP contribution in [0.1, 0.15) is 88.9 Å². The number of rotatable bonds is 21. The van der Waals surface area contributed by atoms with E-state index in [-0.39, 0.29) is 61.9 Å². The van der Waals surface area contributed by atoms with E-state index in [1.165, 1.54) is 16.3 Å². The molecule has 27 nitrogen and oxygen atoms in total. The van der Waals surface area contributed by atoms with Gasteiger partial charge in [-0.25, -0.2) is 51.1 Å². The van der Waals surface area contributed by atoms with Crippen molar-refractivity contribution < 1.29 is 63.2 Å². The zero-order chi connectivity index (χ0) is 87.6. The molecule has 0 saturated carbocycles. The summed E-state index contributed by atoms with van der Waals surface area (Å²) < 4.78 is 123. The number of pyridine rings is 1. The first-order chi connectivity index (χ1) is 61.1. The van der Waals surface area contributed by atoms with Crippen LogP contribution in [0, 0.1) is 34.0 Å². The van der Waals surface area contributed by atoms with Crippen molar-refractivity contribution >= 4 is 77.2 Å². The number of fused-ring (bicyclic) bond motifs is 3. The zero-order valence-electron chi connectivity index (χ0n) is 69.3. The minimum Gasteiger partial charge on any atom is -0.489 e. The third kappa shape index (κ3) is 20.8. The van der Waals surface area contributed by atoms with E-state index in [2.05, 4.69) is 154 Å². The first kappa shape index (κ1) is 87.3. The number of anilines is 3. The van der Waals surface area contributed by atoms with Gasteiger partial charge in [0.15, 0.2) is 9.84 Å². The lowest BCUT2D eigenvalue weighted by Gasteiger charge is -2.36. The first-order valence-corrected chi connectivity index (χ1v) is 45.6. The molecule has 10 heterocycles. The number of amides is 1. The summed E-state index contributed by atoms with van der Waals surface area (Å²) in [6.07, 6.45) is 8.33. The molecule has 6 aromatic carbocycles. The van der Waals surface area contributed by atoms with Gasteiger partial charge in [0, 0.05) is 185 Å². The fraction of sp³-hybridized carbons (Fsp3) is 0.366. The van der Waals surface area contributed by atoms with E-state index in [1.807, 2.05) is 29.2 Å². The number of nitrogens with two attached hydrogens (primary N) is 1. The Morgan fingerprint density at radius 2 is 0.913 bits per heavy atom. The number of halogens is 4. The van der Waals surface area contributed by atoms with Crippen molar-refractivity contribution in [3.05, 3.63) is 209 Å². The quantitative estimate of drug-likeness (QED) is 0.0563. The number of H-pyrrole nitrogens is 1. The van der Waals surface area contributed by atoms with Gasteiger partial charge in [0.25, 0.3) is 23.1 Å². The third-order valence-corrected chi connectivity index (χ3v) is 27.1. The maximum absolute atomic E-state index is 12.7. The molecule has 6 fully saturated rings. The summed E-state index contributed by atoms with van der Waals surface area (Å²) in [5.74, 6) is 1.38. The van der Waals surface area contributed by atoms with Crippen LogP contribution in [-0.2, 0) is 42.4 Å². The Kier molecular flexibility index (Phi) is 27.1. The van der Waals surface area contributed by atoms with Crippen molar-refractivity contribution in [1.29, 1.82) is 15.8 Å². The number of carbonyl (C=O) groups is 1. The van der Waals surface area contributed by atoms with Gasteiger partial charge < -0.3 is 48.6 Å². The number of alkyl halides is 4. The SMILES string of the molecule is N#Cc1cc(-c2nccc3[nH]c(-c4ccc(N5CCOCC5)cc4)cc23)ccc1OC1CCS(=O)(=O)CC1.N#Cc1cc(-c2ncnc3c2C=C(c2ccc(N4CCN(CC(F)F)CC4)cc2)C3)ccc1OC1CCN(C(=O)CO)CC1.N#Cc1cc(-c2ncnc3c2C=C(c2ccc(N4CCN(CC(F)F)CC4)cc2)C3)ccc1OC1CCN(S(N)(=O)=O)CC1. The van der Waals surface area contributed by atoms with Gasteiger partial charge in [0.1, 0.15) is 73.0 Å². The molecule has 126 heavy (non-hydrogen) atoms. The molecule has 33 heteroatoms. The Morgan fingerprint density at radius 1 is 0.508 bits per heavy atom. The number of aromatic nitrogens is 6. The average molecular weight is 1750 g/mol. The number of likely N-dealkylation sites (tertiary alicyclic amines) is 1. The van der Waals surface area contributed by atoms with Crippen LogP contribution >= 0.6 is 0 Å². The van der Waals surface area contributed by atoms with Crippen LogP contribution in [0.2, 0.25) is 0 Å². The molecule has 0 bridgehead atoms. The van der Waals surface area contributed by atoms with Crippen LogP contribution in [0.15, 0.2) is 158 Å². The summed E-state index contributed by atoms with van der Waals surface area (Å²) in [4.78, 5) is 50.1. The van der Waals surface area contributed by atoms with Crippen LogP contribution in [0.25, 0.3) is 79.2 Å². The van der Waals surface area contributed by atoms with Crippen molar-refractivity contribution in [2.75, 3.05) is 151 Å². The van der Waals surface area contributed by atoms with Gasteiger partial charge in [-0.3, -0.25) is 19.6 Å². The Morgan fingerprint density at radius 3 is 1.33 bits per heavy atom. The highest BCUT2D eigenvalue weighted by Crippen LogP contribution is 2.42. The molecule has 1 amide bonds. The van der Waals surface area contributed by atoms with Crippen LogP contribution in [-0.4, -0.2) is 244 Å². The largest absolute Gasteiger partial charge is 0.489 e.